The Kier molecular flexibility index (Phi) is 14.8. The minimum Gasteiger partial charge on any atom is -0.505 e. The number of azo groups is 3. The van der Waals surface area contributed by atoms with Crippen LogP contribution in [0.2, 0.25) is 0 Å². The molecule has 0 unspecified atom stereocenters. The van der Waals surface area contributed by atoms with E-state index in [-0.39, 0.29) is 59.1 Å². The van der Waals surface area contributed by atoms with E-state index in [9.17, 15) is 39.5 Å². The van der Waals surface area contributed by atoms with Gasteiger partial charge in [0.25, 0.3) is 30.4 Å². The number of benzene rings is 6. The average Bonchev–Trinajstić information content (AvgIpc) is 3.25. The van der Waals surface area contributed by atoms with Gasteiger partial charge in [-0.05, 0) is 135 Å². The number of nitrogens with zero attached hydrogens (tertiary/aromatic N) is 6. The number of nitrogens with one attached hydrogen (secondary N) is 1. The molecule has 66 heavy (non-hydrogen) atoms. The third-order valence-corrected chi connectivity index (χ3v) is 12.3. The maximum atomic E-state index is 12.6. The van der Waals surface area contributed by atoms with Crippen LogP contribution in [0.3, 0.4) is 0 Å². The lowest BCUT2D eigenvalue weighted by molar-refractivity contribution is 0.310. The first-order valence-corrected chi connectivity index (χ1v) is 24.1. The monoisotopic (exact) mass is 961 g/mol. The van der Waals surface area contributed by atoms with Gasteiger partial charge in [-0.15, -0.1) is 15.3 Å². The molecule has 0 bridgehead atoms. The van der Waals surface area contributed by atoms with Gasteiger partial charge < -0.3 is 24.6 Å². The van der Waals surface area contributed by atoms with E-state index in [1.54, 1.807) is 88.5 Å². The van der Waals surface area contributed by atoms with Crippen molar-refractivity contribution >= 4 is 86.6 Å². The number of methoxy groups -OCH3 is 2. The second kappa shape index (κ2) is 20.1. The van der Waals surface area contributed by atoms with Gasteiger partial charge in [-0.3, -0.25) is 13.7 Å². The van der Waals surface area contributed by atoms with E-state index in [0.29, 0.717) is 39.2 Å². The summed E-state index contributed by atoms with van der Waals surface area (Å²) in [7, 11) is -10.9. The molecule has 346 valence electrons. The molecule has 0 saturated heterocycles. The van der Waals surface area contributed by atoms with Crippen LogP contribution in [0, 0.1) is 20.8 Å². The molecule has 0 radical (unpaired) electrons. The lowest BCUT2D eigenvalue weighted by Crippen LogP contribution is -2.06. The highest BCUT2D eigenvalue weighted by Crippen LogP contribution is 2.43. The molecule has 0 spiro atoms. The van der Waals surface area contributed by atoms with Crippen LogP contribution in [0.15, 0.2) is 131 Å². The van der Waals surface area contributed by atoms with Crippen LogP contribution in [-0.2, 0) is 30.4 Å². The van der Waals surface area contributed by atoms with Crippen LogP contribution >= 0.6 is 0 Å². The number of aryl methyl sites for hydroxylation is 3. The summed E-state index contributed by atoms with van der Waals surface area (Å²) in [5.74, 6) is -0.0344. The van der Waals surface area contributed by atoms with Crippen LogP contribution in [0.4, 0.5) is 45.5 Å². The zero-order valence-electron chi connectivity index (χ0n) is 35.9. The van der Waals surface area contributed by atoms with Gasteiger partial charge in [0, 0.05) is 28.9 Å². The zero-order valence-corrected chi connectivity index (χ0v) is 38.3. The molecule has 6 rings (SSSR count). The first kappa shape index (κ1) is 48.6. The number of rotatable bonds is 18. The smallest absolute Gasteiger partial charge is 0.296 e. The summed E-state index contributed by atoms with van der Waals surface area (Å²) < 4.78 is 117. The number of hydrogen-bond acceptors (Lipinski definition) is 17. The first-order chi connectivity index (χ1) is 31.1. The van der Waals surface area contributed by atoms with E-state index in [2.05, 4.69) is 36.0 Å². The number of ether oxygens (including phenoxy) is 3. The summed E-state index contributed by atoms with van der Waals surface area (Å²) in [5.41, 5.74) is 3.32. The molecule has 6 aromatic carbocycles. The van der Waals surface area contributed by atoms with E-state index < -0.39 is 57.3 Å². The molecule has 0 aliphatic rings. The summed E-state index contributed by atoms with van der Waals surface area (Å²) in [6, 6.07) is 23.3. The molecule has 0 aliphatic carbocycles. The van der Waals surface area contributed by atoms with Crippen molar-refractivity contribution in [3.63, 3.8) is 0 Å². The van der Waals surface area contributed by atoms with Crippen molar-refractivity contribution in [2.45, 2.75) is 43.4 Å². The van der Waals surface area contributed by atoms with Crippen molar-refractivity contribution in [2.24, 2.45) is 30.7 Å². The summed E-state index contributed by atoms with van der Waals surface area (Å²) >= 11 is 0. The number of anilines is 2. The normalized spacial score (nSPS) is 12.4. The molecular formula is C43H43N7O13S3. The number of unbranched alkanes of at least 4 members (excludes halogenated alkanes) is 1. The number of fused-ring (bicyclic) bond motifs is 1. The lowest BCUT2D eigenvalue weighted by atomic mass is 10.1. The van der Waals surface area contributed by atoms with Crippen molar-refractivity contribution in [2.75, 3.05) is 31.9 Å². The summed E-state index contributed by atoms with van der Waals surface area (Å²) in [6.07, 6.45) is 0.319. The van der Waals surface area contributed by atoms with Crippen LogP contribution in [0.25, 0.3) is 10.8 Å². The summed E-state index contributed by atoms with van der Waals surface area (Å²) in [4.78, 5) is -1.20. The van der Waals surface area contributed by atoms with Crippen molar-refractivity contribution in [3.05, 3.63) is 108 Å². The minimum atomic E-state index is -4.91. The van der Waals surface area contributed by atoms with Crippen LogP contribution < -0.4 is 19.5 Å². The van der Waals surface area contributed by atoms with Gasteiger partial charge in [0.05, 0.1) is 43.6 Å². The Bertz CT molecular complexity index is 3250. The molecule has 23 heteroatoms. The number of aromatic hydroxyl groups is 1. The molecule has 0 fully saturated rings. The average molecular weight is 962 g/mol. The molecule has 20 nitrogen and oxygen atoms in total. The van der Waals surface area contributed by atoms with Crippen molar-refractivity contribution in [1.82, 2.24) is 0 Å². The van der Waals surface area contributed by atoms with E-state index in [1.807, 2.05) is 0 Å². The molecule has 0 aliphatic heterocycles. The topological polar surface area (TPSA) is 297 Å². The maximum Gasteiger partial charge on any atom is 0.296 e. The van der Waals surface area contributed by atoms with Crippen LogP contribution in [0.5, 0.6) is 23.0 Å². The quantitative estimate of drug-likeness (QED) is 0.0304. The van der Waals surface area contributed by atoms with Crippen molar-refractivity contribution in [1.29, 1.82) is 0 Å². The molecule has 0 saturated carbocycles. The van der Waals surface area contributed by atoms with Gasteiger partial charge in [-0.25, -0.2) is 0 Å². The molecule has 0 atom stereocenters. The third kappa shape index (κ3) is 12.3. The first-order valence-electron chi connectivity index (χ1n) is 19.6. The lowest BCUT2D eigenvalue weighted by Gasteiger charge is -2.12. The molecule has 5 N–H and O–H groups in total. The Morgan fingerprint density at radius 1 is 0.545 bits per heavy atom. The predicted octanol–water partition coefficient (Wildman–Crippen LogP) is 11.0. The largest absolute Gasteiger partial charge is 0.505 e. The fourth-order valence-corrected chi connectivity index (χ4v) is 8.19. The number of hydrogen-bond donors (Lipinski definition) is 5. The maximum absolute atomic E-state index is 12.6. The van der Waals surface area contributed by atoms with Gasteiger partial charge in [0.15, 0.2) is 5.75 Å². The zero-order chi connectivity index (χ0) is 48.0. The fourth-order valence-electron chi connectivity index (χ4n) is 6.33. The van der Waals surface area contributed by atoms with E-state index in [1.165, 1.54) is 31.4 Å². The SMILES string of the molecule is COc1ccc(Nc2ccc3c(O)c(N=Nc4cc(C)c(N=Nc5cc(C)c(N=Nc6ccc(OC)cc6S(=O)(=O)O)cc5OCCCCS(=O)(=O)O)cc4C)c(S(=O)(=O)O)cc3c2)cc1. The molecule has 0 amide bonds. The Balaban J connectivity index is 1.29. The highest BCUT2D eigenvalue weighted by molar-refractivity contribution is 7.86. The standard InChI is InChI=1S/C43H43N7O13S3/c1-25-19-36(48-50-42-41(66(58,59)60)22-28-21-30(10-14-33(28)43(42)51)44-29-8-11-31(61-4)12-9-29)26(2)18-35(25)46-49-38-20-27(3)37(24-39(38)63-16-6-7-17-64(52,53)54)47-45-34-15-13-32(62-5)23-40(34)65(55,56)57/h8-15,18-24,44,51H,6-7,16-17H2,1-5H3,(H,52,53,54)(H,55,56,57)(H,58,59,60). The Labute approximate surface area is 380 Å². The van der Waals surface area contributed by atoms with E-state index >= 15 is 0 Å². The Hall–Kier alpha value is -6.89. The summed E-state index contributed by atoms with van der Waals surface area (Å²) in [6.45, 7) is 5.07. The van der Waals surface area contributed by atoms with Gasteiger partial charge in [0.2, 0.25) is 0 Å². The van der Waals surface area contributed by atoms with Gasteiger partial charge >= 0.3 is 0 Å². The predicted molar refractivity (Wildman–Crippen MR) is 245 cm³/mol. The highest BCUT2D eigenvalue weighted by atomic mass is 32.2. The minimum absolute atomic E-state index is 0.00417. The Morgan fingerprint density at radius 3 is 1.67 bits per heavy atom. The van der Waals surface area contributed by atoms with Crippen LogP contribution in [0.1, 0.15) is 29.5 Å². The fraction of sp³-hybridized carbons (Fsp3) is 0.209. The number of phenolic OH excluding ortho intramolecular Hbond substituents is 1. The van der Waals surface area contributed by atoms with Gasteiger partial charge in [-0.1, -0.05) is 0 Å². The van der Waals surface area contributed by atoms with Crippen molar-refractivity contribution < 1.29 is 58.2 Å². The van der Waals surface area contributed by atoms with Gasteiger partial charge in [-0.2, -0.15) is 40.6 Å². The van der Waals surface area contributed by atoms with E-state index in [4.69, 9.17) is 18.8 Å². The number of phenols is 1. The Morgan fingerprint density at radius 2 is 1.08 bits per heavy atom. The molecule has 0 aromatic heterocycles. The highest BCUT2D eigenvalue weighted by Gasteiger charge is 2.23. The second-order valence-electron chi connectivity index (χ2n) is 14.6. The second-order valence-corrected chi connectivity index (χ2v) is 19.0. The summed E-state index contributed by atoms with van der Waals surface area (Å²) in [5, 5.41) is 40.4. The molecule has 0 heterocycles. The molecule has 6 aromatic rings. The van der Waals surface area contributed by atoms with Crippen molar-refractivity contribution in [3.8, 4) is 23.0 Å². The molecular weight excluding hydrogens is 919 g/mol. The third-order valence-electron chi connectivity index (χ3n) is 9.79. The van der Waals surface area contributed by atoms with E-state index in [0.717, 1.165) is 11.8 Å². The van der Waals surface area contributed by atoms with Crippen LogP contribution in [-0.4, -0.2) is 70.6 Å². The van der Waals surface area contributed by atoms with Gasteiger partial charge in [0.1, 0.15) is 44.1 Å².